The molecular formula is C50H31NO2. The van der Waals surface area contributed by atoms with Gasteiger partial charge in [0.05, 0.1) is 0 Å². The van der Waals surface area contributed by atoms with Gasteiger partial charge in [-0.1, -0.05) is 140 Å². The number of hydrogen-bond donors (Lipinski definition) is 0. The molecule has 3 nitrogen and oxygen atoms in total. The van der Waals surface area contributed by atoms with Gasteiger partial charge in [-0.25, -0.2) is 0 Å². The minimum Gasteiger partial charge on any atom is -0.455 e. The van der Waals surface area contributed by atoms with Crippen LogP contribution in [0.2, 0.25) is 0 Å². The molecule has 0 spiro atoms. The Balaban J connectivity index is 0.996. The van der Waals surface area contributed by atoms with Crippen LogP contribution in [0.1, 0.15) is 0 Å². The van der Waals surface area contributed by atoms with Gasteiger partial charge in [0, 0.05) is 55.1 Å². The second-order valence-electron chi connectivity index (χ2n) is 13.7. The number of anilines is 3. The first-order chi connectivity index (χ1) is 26.3. The van der Waals surface area contributed by atoms with Crippen molar-refractivity contribution in [3.05, 3.63) is 188 Å². The van der Waals surface area contributed by atoms with Crippen molar-refractivity contribution in [1.29, 1.82) is 0 Å². The van der Waals surface area contributed by atoms with Gasteiger partial charge >= 0.3 is 0 Å². The van der Waals surface area contributed by atoms with E-state index in [1.54, 1.807) is 0 Å². The van der Waals surface area contributed by atoms with Crippen molar-refractivity contribution in [2.75, 3.05) is 4.90 Å². The predicted molar refractivity (Wildman–Crippen MR) is 222 cm³/mol. The number of hydrogen-bond acceptors (Lipinski definition) is 3. The van der Waals surface area contributed by atoms with E-state index in [0.717, 1.165) is 88.6 Å². The molecule has 0 N–H and O–H groups in total. The van der Waals surface area contributed by atoms with Crippen LogP contribution in [-0.4, -0.2) is 0 Å². The second-order valence-corrected chi connectivity index (χ2v) is 13.7. The van der Waals surface area contributed by atoms with Crippen LogP contribution in [-0.2, 0) is 0 Å². The zero-order valence-electron chi connectivity index (χ0n) is 28.7. The van der Waals surface area contributed by atoms with Crippen LogP contribution in [0.3, 0.4) is 0 Å². The van der Waals surface area contributed by atoms with E-state index in [2.05, 4.69) is 181 Å². The zero-order valence-corrected chi connectivity index (χ0v) is 28.7. The zero-order chi connectivity index (χ0) is 34.9. The molecule has 2 aromatic heterocycles. The third-order valence-electron chi connectivity index (χ3n) is 10.7. The van der Waals surface area contributed by atoms with Gasteiger partial charge < -0.3 is 13.7 Å². The summed E-state index contributed by atoms with van der Waals surface area (Å²) in [5, 5.41) is 9.30. The maximum Gasteiger partial charge on any atom is 0.143 e. The first-order valence-electron chi connectivity index (χ1n) is 18.0. The van der Waals surface area contributed by atoms with E-state index < -0.39 is 0 Å². The van der Waals surface area contributed by atoms with E-state index in [4.69, 9.17) is 8.83 Å². The summed E-state index contributed by atoms with van der Waals surface area (Å²) in [4.78, 5) is 2.30. The Morgan fingerprint density at radius 3 is 1.53 bits per heavy atom. The van der Waals surface area contributed by atoms with E-state index in [1.165, 1.54) is 16.2 Å². The van der Waals surface area contributed by atoms with Crippen molar-refractivity contribution < 1.29 is 8.83 Å². The molecule has 3 heteroatoms. The summed E-state index contributed by atoms with van der Waals surface area (Å²) in [5.74, 6) is 0. The monoisotopic (exact) mass is 677 g/mol. The van der Waals surface area contributed by atoms with Gasteiger partial charge in [0.2, 0.25) is 0 Å². The fourth-order valence-electron chi connectivity index (χ4n) is 8.15. The number of fused-ring (bicyclic) bond motifs is 10. The number of benzene rings is 9. The number of furan rings is 2. The van der Waals surface area contributed by atoms with Crippen molar-refractivity contribution in [3.8, 4) is 22.3 Å². The van der Waals surface area contributed by atoms with E-state index in [9.17, 15) is 0 Å². The van der Waals surface area contributed by atoms with Crippen molar-refractivity contribution >= 4 is 82.5 Å². The van der Waals surface area contributed by atoms with Gasteiger partial charge in [-0.05, 0) is 75.8 Å². The molecule has 0 atom stereocenters. The highest BCUT2D eigenvalue weighted by atomic mass is 16.3. The average Bonchev–Trinajstić information content (AvgIpc) is 3.81. The van der Waals surface area contributed by atoms with Crippen LogP contribution in [0.15, 0.2) is 197 Å². The van der Waals surface area contributed by atoms with Gasteiger partial charge in [0.1, 0.15) is 22.3 Å². The Kier molecular flexibility index (Phi) is 6.55. The minimum absolute atomic E-state index is 0.906. The summed E-state index contributed by atoms with van der Waals surface area (Å²) in [6, 6.07) is 66.6. The van der Waals surface area contributed by atoms with E-state index in [-0.39, 0.29) is 0 Å². The highest BCUT2D eigenvalue weighted by Gasteiger charge is 2.18. The fourth-order valence-corrected chi connectivity index (χ4v) is 8.15. The smallest absolute Gasteiger partial charge is 0.143 e. The summed E-state index contributed by atoms with van der Waals surface area (Å²) >= 11 is 0. The molecule has 9 aromatic carbocycles. The molecule has 0 amide bonds. The molecule has 0 aliphatic heterocycles. The van der Waals surface area contributed by atoms with Crippen LogP contribution in [0, 0.1) is 0 Å². The first kappa shape index (κ1) is 29.6. The summed E-state index contributed by atoms with van der Waals surface area (Å²) in [7, 11) is 0. The molecule has 11 rings (SSSR count). The van der Waals surface area contributed by atoms with Crippen molar-refractivity contribution in [2.45, 2.75) is 0 Å². The Morgan fingerprint density at radius 2 is 0.811 bits per heavy atom. The Morgan fingerprint density at radius 1 is 0.302 bits per heavy atom. The average molecular weight is 678 g/mol. The molecule has 248 valence electrons. The maximum atomic E-state index is 6.85. The number of nitrogens with zero attached hydrogens (tertiary/aromatic N) is 1. The quantitative estimate of drug-likeness (QED) is 0.170. The summed E-state index contributed by atoms with van der Waals surface area (Å²) in [5.41, 5.74) is 11.3. The lowest BCUT2D eigenvalue weighted by Crippen LogP contribution is -2.09. The van der Waals surface area contributed by atoms with Crippen molar-refractivity contribution in [3.63, 3.8) is 0 Å². The van der Waals surface area contributed by atoms with E-state index in [0.29, 0.717) is 0 Å². The molecule has 0 saturated heterocycles. The topological polar surface area (TPSA) is 29.5 Å². The van der Waals surface area contributed by atoms with Gasteiger partial charge in [0.25, 0.3) is 0 Å². The fraction of sp³-hybridized carbons (Fsp3) is 0. The van der Waals surface area contributed by atoms with E-state index >= 15 is 0 Å². The molecule has 0 aliphatic rings. The lowest BCUT2D eigenvalue weighted by atomic mass is 9.98. The molecule has 0 saturated carbocycles. The predicted octanol–water partition coefficient (Wildman–Crippen LogP) is 14.6. The SMILES string of the molecule is c1ccc(N(c2ccc(-c3cccc4c3oc3ccccc34)cc2)c2ccc(-c3cccc4c3oc3c4ccc4ccc5ccccc5c43)cc2)cc1. The molecule has 0 aliphatic carbocycles. The normalized spacial score (nSPS) is 11.8. The molecule has 0 unspecified atom stereocenters. The standard InChI is InChI=1S/C50H31NO2/c1-2-11-36(12-3-1)51(37-27-22-33(23-28-37)40-15-8-17-43-42-14-6-7-19-46(42)52-48(40)43)38-29-24-34(25-30-38)41-16-9-18-44-45-31-26-35-21-20-32-10-4-5-13-39(32)47(35)50(45)53-49(41)44/h1-31H. The van der Waals surface area contributed by atoms with Gasteiger partial charge in [0.15, 0.2) is 0 Å². The molecule has 53 heavy (non-hydrogen) atoms. The lowest BCUT2D eigenvalue weighted by Gasteiger charge is -2.26. The van der Waals surface area contributed by atoms with Crippen LogP contribution in [0.25, 0.3) is 87.7 Å². The summed E-state index contributed by atoms with van der Waals surface area (Å²) in [6.07, 6.45) is 0. The largest absolute Gasteiger partial charge is 0.455 e. The van der Waals surface area contributed by atoms with Crippen molar-refractivity contribution in [2.24, 2.45) is 0 Å². The van der Waals surface area contributed by atoms with Crippen LogP contribution in [0.4, 0.5) is 17.1 Å². The summed E-state index contributed by atoms with van der Waals surface area (Å²) in [6.45, 7) is 0. The Hall–Kier alpha value is -7.10. The third kappa shape index (κ3) is 4.68. The second kappa shape index (κ2) is 11.7. The van der Waals surface area contributed by atoms with Crippen LogP contribution >= 0.6 is 0 Å². The van der Waals surface area contributed by atoms with Gasteiger partial charge in [-0.2, -0.15) is 0 Å². The van der Waals surface area contributed by atoms with E-state index in [1.807, 2.05) is 12.1 Å². The lowest BCUT2D eigenvalue weighted by molar-refractivity contribution is 0.670. The number of rotatable bonds is 5. The van der Waals surface area contributed by atoms with Crippen LogP contribution < -0.4 is 4.90 Å². The van der Waals surface area contributed by atoms with Gasteiger partial charge in [-0.3, -0.25) is 0 Å². The molecule has 0 radical (unpaired) electrons. The Bertz CT molecular complexity index is 3150. The molecule has 0 bridgehead atoms. The highest BCUT2D eigenvalue weighted by molar-refractivity contribution is 6.24. The first-order valence-corrected chi connectivity index (χ1v) is 18.0. The Labute approximate surface area is 305 Å². The van der Waals surface area contributed by atoms with Crippen molar-refractivity contribution in [1.82, 2.24) is 0 Å². The van der Waals surface area contributed by atoms with Gasteiger partial charge in [-0.15, -0.1) is 0 Å². The molecule has 0 fully saturated rings. The molecular weight excluding hydrogens is 647 g/mol. The highest BCUT2D eigenvalue weighted by Crippen LogP contribution is 2.43. The van der Waals surface area contributed by atoms with Crippen LogP contribution in [0.5, 0.6) is 0 Å². The minimum atomic E-state index is 0.906. The molecule has 11 aromatic rings. The summed E-state index contributed by atoms with van der Waals surface area (Å²) < 4.78 is 13.2. The molecule has 2 heterocycles. The number of para-hydroxylation sites is 4. The third-order valence-corrected chi connectivity index (χ3v) is 10.7. The maximum absolute atomic E-state index is 6.85.